The van der Waals surface area contributed by atoms with Crippen LogP contribution in [0.2, 0.25) is 5.02 Å². The number of carbonyl (C=O) groups is 2. The summed E-state index contributed by atoms with van der Waals surface area (Å²) in [4.78, 5) is 30.6. The zero-order valence-corrected chi connectivity index (χ0v) is 25.9. The number of fused-ring (bicyclic) bond motifs is 1. The number of carboxylic acids is 1. The van der Waals surface area contributed by atoms with Gasteiger partial charge in [0.2, 0.25) is 5.91 Å². The molecule has 6 nitrogen and oxygen atoms in total. The third-order valence-corrected chi connectivity index (χ3v) is 8.83. The second-order valence-electron chi connectivity index (χ2n) is 11.3. The molecule has 43 heavy (non-hydrogen) atoms. The van der Waals surface area contributed by atoms with E-state index in [0.717, 1.165) is 74.8 Å². The van der Waals surface area contributed by atoms with Gasteiger partial charge in [0.1, 0.15) is 0 Å². The van der Waals surface area contributed by atoms with E-state index < -0.39 is 5.97 Å². The average Bonchev–Trinajstić information content (AvgIpc) is 3.03. The molecule has 1 N–H and O–H groups in total. The summed E-state index contributed by atoms with van der Waals surface area (Å²) in [5.41, 5.74) is 10.0. The standard InChI is InChI=1S/C36H40ClN3O3/c1-4-17-40(34(41)6-3)31-14-16-33-27(23-31)7-8-28(35(33)32-15-11-29(37)22-25(32)5-2)24-38-18-20-39(21-19-38)30-12-9-26(10-13-30)36(42)43/h6,9-16,22-23H,3-5,7-8,17-21,24H2,1-2H3,(H,42,43). The molecule has 0 atom stereocenters. The molecule has 0 unspecified atom stereocenters. The van der Waals surface area contributed by atoms with Gasteiger partial charge in [-0.15, -0.1) is 0 Å². The molecule has 1 aliphatic carbocycles. The monoisotopic (exact) mass is 597 g/mol. The molecule has 1 aliphatic heterocycles. The van der Waals surface area contributed by atoms with Gasteiger partial charge in [-0.3, -0.25) is 9.69 Å². The van der Waals surface area contributed by atoms with Crippen LogP contribution < -0.4 is 9.80 Å². The lowest BCUT2D eigenvalue weighted by Crippen LogP contribution is -2.47. The van der Waals surface area contributed by atoms with Gasteiger partial charge in [0, 0.05) is 55.7 Å². The molecule has 3 aromatic carbocycles. The number of hydrogen-bond acceptors (Lipinski definition) is 4. The maximum Gasteiger partial charge on any atom is 0.335 e. The van der Waals surface area contributed by atoms with Crippen LogP contribution in [-0.2, 0) is 17.6 Å². The summed E-state index contributed by atoms with van der Waals surface area (Å²) < 4.78 is 0. The largest absolute Gasteiger partial charge is 0.478 e. The summed E-state index contributed by atoms with van der Waals surface area (Å²) >= 11 is 6.44. The number of carboxylic acid groups (broad SMARTS) is 1. The molecular weight excluding hydrogens is 558 g/mol. The van der Waals surface area contributed by atoms with Crippen molar-refractivity contribution in [3.05, 3.63) is 112 Å². The number of anilines is 2. The Bertz CT molecular complexity index is 1540. The number of benzene rings is 3. The van der Waals surface area contributed by atoms with Crippen LogP contribution in [0.5, 0.6) is 0 Å². The molecule has 224 valence electrons. The molecular formula is C36H40ClN3O3. The van der Waals surface area contributed by atoms with Gasteiger partial charge < -0.3 is 14.9 Å². The van der Waals surface area contributed by atoms with Gasteiger partial charge in [-0.2, -0.15) is 0 Å². The van der Waals surface area contributed by atoms with Gasteiger partial charge in [-0.05, 0) is 114 Å². The van der Waals surface area contributed by atoms with Crippen molar-refractivity contribution >= 4 is 40.4 Å². The quantitative estimate of drug-likeness (QED) is 0.253. The molecule has 1 saturated heterocycles. The second kappa shape index (κ2) is 13.6. The van der Waals surface area contributed by atoms with E-state index in [1.807, 2.05) is 23.1 Å². The molecule has 1 amide bonds. The molecule has 2 aliphatic rings. The van der Waals surface area contributed by atoms with Crippen molar-refractivity contribution in [3.8, 4) is 0 Å². The fourth-order valence-electron chi connectivity index (χ4n) is 6.34. The molecule has 1 heterocycles. The number of halogens is 1. The second-order valence-corrected chi connectivity index (χ2v) is 11.7. The van der Waals surface area contributed by atoms with E-state index in [-0.39, 0.29) is 5.91 Å². The normalized spacial score (nSPS) is 15.3. The predicted molar refractivity (Wildman–Crippen MR) is 177 cm³/mol. The Kier molecular flexibility index (Phi) is 9.69. The lowest BCUT2D eigenvalue weighted by molar-refractivity contribution is -0.114. The first-order valence-corrected chi connectivity index (χ1v) is 15.6. The van der Waals surface area contributed by atoms with Crippen LogP contribution in [0, 0.1) is 0 Å². The van der Waals surface area contributed by atoms with Gasteiger partial charge in [0.15, 0.2) is 0 Å². The first-order valence-electron chi connectivity index (χ1n) is 15.2. The van der Waals surface area contributed by atoms with E-state index in [1.54, 1.807) is 12.1 Å². The summed E-state index contributed by atoms with van der Waals surface area (Å²) in [6.07, 6.45) is 5.03. The molecule has 3 aromatic rings. The first kappa shape index (κ1) is 30.6. The number of piperazine rings is 1. The van der Waals surface area contributed by atoms with Gasteiger partial charge in [0.05, 0.1) is 5.56 Å². The highest BCUT2D eigenvalue weighted by atomic mass is 35.5. The van der Waals surface area contributed by atoms with Gasteiger partial charge in [0.25, 0.3) is 0 Å². The van der Waals surface area contributed by atoms with Crippen LogP contribution in [0.15, 0.2) is 78.9 Å². The Labute approximate surface area is 259 Å². The molecule has 1 fully saturated rings. The van der Waals surface area contributed by atoms with Crippen molar-refractivity contribution in [2.45, 2.75) is 39.5 Å². The summed E-state index contributed by atoms with van der Waals surface area (Å²) in [5, 5.41) is 9.98. The van der Waals surface area contributed by atoms with Crippen LogP contribution >= 0.6 is 11.6 Å². The van der Waals surface area contributed by atoms with Gasteiger partial charge in [-0.1, -0.05) is 44.2 Å². The molecule has 0 radical (unpaired) electrons. The lowest BCUT2D eigenvalue weighted by atomic mass is 9.80. The Morgan fingerprint density at radius 1 is 0.953 bits per heavy atom. The van der Waals surface area contributed by atoms with E-state index in [2.05, 4.69) is 60.6 Å². The summed E-state index contributed by atoms with van der Waals surface area (Å²) in [7, 11) is 0. The predicted octanol–water partition coefficient (Wildman–Crippen LogP) is 7.10. The van der Waals surface area contributed by atoms with E-state index in [0.29, 0.717) is 12.1 Å². The summed E-state index contributed by atoms with van der Waals surface area (Å²) in [5.74, 6) is -0.974. The van der Waals surface area contributed by atoms with Crippen LogP contribution in [0.4, 0.5) is 11.4 Å². The molecule has 0 aromatic heterocycles. The minimum absolute atomic E-state index is 0.0722. The highest BCUT2D eigenvalue weighted by Gasteiger charge is 2.26. The zero-order chi connectivity index (χ0) is 30.5. The molecule has 7 heteroatoms. The van der Waals surface area contributed by atoms with Crippen molar-refractivity contribution in [1.29, 1.82) is 0 Å². The maximum absolute atomic E-state index is 12.7. The van der Waals surface area contributed by atoms with Crippen molar-refractivity contribution in [2.75, 3.05) is 49.1 Å². The van der Waals surface area contributed by atoms with E-state index in [4.69, 9.17) is 11.6 Å². The average molecular weight is 598 g/mol. The Hall–Kier alpha value is -3.87. The Morgan fingerprint density at radius 3 is 2.33 bits per heavy atom. The number of amides is 1. The van der Waals surface area contributed by atoms with Gasteiger partial charge in [-0.25, -0.2) is 4.79 Å². The highest BCUT2D eigenvalue weighted by molar-refractivity contribution is 6.30. The van der Waals surface area contributed by atoms with Crippen LogP contribution in [-0.4, -0.2) is 61.2 Å². The molecule has 0 bridgehead atoms. The number of hydrogen-bond donors (Lipinski definition) is 1. The fourth-order valence-corrected chi connectivity index (χ4v) is 6.54. The summed E-state index contributed by atoms with van der Waals surface area (Å²) in [6, 6.07) is 19.9. The number of aromatic carboxylic acids is 1. The summed E-state index contributed by atoms with van der Waals surface area (Å²) in [6.45, 7) is 13.2. The minimum atomic E-state index is -0.902. The number of aryl methyl sites for hydroxylation is 2. The minimum Gasteiger partial charge on any atom is -0.478 e. The maximum atomic E-state index is 12.7. The third kappa shape index (κ3) is 6.71. The smallest absolute Gasteiger partial charge is 0.335 e. The van der Waals surface area contributed by atoms with Crippen molar-refractivity contribution in [1.82, 2.24) is 4.90 Å². The molecule has 5 rings (SSSR count). The van der Waals surface area contributed by atoms with E-state index in [9.17, 15) is 14.7 Å². The van der Waals surface area contributed by atoms with Crippen molar-refractivity contribution in [2.24, 2.45) is 0 Å². The molecule has 0 saturated carbocycles. The topological polar surface area (TPSA) is 64.1 Å². The van der Waals surface area contributed by atoms with Gasteiger partial charge >= 0.3 is 5.97 Å². The number of carbonyl (C=O) groups excluding carboxylic acids is 1. The fraction of sp³-hybridized carbons (Fsp3) is 0.333. The van der Waals surface area contributed by atoms with Crippen LogP contribution in [0.1, 0.15) is 59.3 Å². The zero-order valence-electron chi connectivity index (χ0n) is 25.1. The van der Waals surface area contributed by atoms with E-state index in [1.165, 1.54) is 39.5 Å². The number of rotatable bonds is 10. The lowest BCUT2D eigenvalue weighted by Gasteiger charge is -2.37. The van der Waals surface area contributed by atoms with Crippen molar-refractivity contribution in [3.63, 3.8) is 0 Å². The highest BCUT2D eigenvalue weighted by Crippen LogP contribution is 2.40. The molecule has 0 spiro atoms. The number of nitrogens with zero attached hydrogens (tertiary/aromatic N) is 3. The van der Waals surface area contributed by atoms with Crippen LogP contribution in [0.25, 0.3) is 5.57 Å². The first-order chi connectivity index (χ1) is 20.8. The Balaban J connectivity index is 1.45. The third-order valence-electron chi connectivity index (χ3n) is 8.59. The Morgan fingerprint density at radius 2 is 1.67 bits per heavy atom. The van der Waals surface area contributed by atoms with Crippen LogP contribution in [0.3, 0.4) is 0 Å². The van der Waals surface area contributed by atoms with E-state index >= 15 is 0 Å². The van der Waals surface area contributed by atoms with Crippen molar-refractivity contribution < 1.29 is 14.7 Å². The SMILES string of the molecule is C=CC(=O)N(CCC)c1ccc2c(c1)CCC(CN1CCN(c3ccc(C(=O)O)cc3)CC1)=C2c1ccc(Cl)cc1CC.